The van der Waals surface area contributed by atoms with E-state index >= 15 is 0 Å². The minimum absolute atomic E-state index is 0.108. The highest BCUT2D eigenvalue weighted by atomic mass is 16.5. The highest BCUT2D eigenvalue weighted by Gasteiger charge is 2.23. The highest BCUT2D eigenvalue weighted by molar-refractivity contribution is 5.93. The molecule has 2 unspecified atom stereocenters. The molecular weight excluding hydrogens is 368 g/mol. The standard InChI is InChI=1S/C23H28N2O4/c1-5-28-22-11-18-10-15(3)29-21(18)12-20(22)25-23(27)13-19(24-16(4)26)17-8-6-14(2)7-9-17/h6-9,11-12,15,19H,5,10,13H2,1-4H3,(H,24,26)(H,25,27). The smallest absolute Gasteiger partial charge is 0.226 e. The number of aryl methyl sites for hydroxylation is 1. The fourth-order valence-electron chi connectivity index (χ4n) is 3.49. The lowest BCUT2D eigenvalue weighted by atomic mass is 10.0. The molecule has 0 saturated carbocycles. The predicted octanol–water partition coefficient (Wildman–Crippen LogP) is 3.92. The van der Waals surface area contributed by atoms with E-state index in [4.69, 9.17) is 9.47 Å². The summed E-state index contributed by atoms with van der Waals surface area (Å²) in [5.74, 6) is 1.01. The quantitative estimate of drug-likeness (QED) is 0.744. The van der Waals surface area contributed by atoms with Crippen LogP contribution in [0.25, 0.3) is 0 Å². The minimum Gasteiger partial charge on any atom is -0.492 e. The molecule has 0 spiro atoms. The zero-order chi connectivity index (χ0) is 21.0. The Morgan fingerprint density at radius 3 is 2.62 bits per heavy atom. The molecule has 2 N–H and O–H groups in total. The molecule has 0 aliphatic carbocycles. The molecule has 0 bridgehead atoms. The number of hydrogen-bond donors (Lipinski definition) is 2. The first kappa shape index (κ1) is 20.7. The minimum atomic E-state index is -0.408. The average Bonchev–Trinajstić information content (AvgIpc) is 3.00. The summed E-state index contributed by atoms with van der Waals surface area (Å²) in [5, 5.41) is 5.79. The monoisotopic (exact) mass is 396 g/mol. The van der Waals surface area contributed by atoms with Gasteiger partial charge in [-0.1, -0.05) is 29.8 Å². The Hall–Kier alpha value is -3.02. The molecule has 6 nitrogen and oxygen atoms in total. The maximum Gasteiger partial charge on any atom is 0.226 e. The average molecular weight is 396 g/mol. The van der Waals surface area contributed by atoms with Crippen LogP contribution in [0.4, 0.5) is 5.69 Å². The van der Waals surface area contributed by atoms with Gasteiger partial charge in [0.1, 0.15) is 17.6 Å². The van der Waals surface area contributed by atoms with Crippen LogP contribution in [-0.2, 0) is 16.0 Å². The number of anilines is 1. The van der Waals surface area contributed by atoms with E-state index in [1.165, 1.54) is 6.92 Å². The van der Waals surface area contributed by atoms with Crippen LogP contribution in [0.2, 0.25) is 0 Å². The van der Waals surface area contributed by atoms with Gasteiger partial charge in [0.25, 0.3) is 0 Å². The van der Waals surface area contributed by atoms with E-state index in [1.54, 1.807) is 0 Å². The number of amides is 2. The van der Waals surface area contributed by atoms with Gasteiger partial charge in [0.15, 0.2) is 0 Å². The highest BCUT2D eigenvalue weighted by Crippen LogP contribution is 2.38. The second kappa shape index (κ2) is 8.99. The molecule has 2 atom stereocenters. The number of carbonyl (C=O) groups excluding carboxylic acids is 2. The van der Waals surface area contributed by atoms with Crippen LogP contribution in [0.5, 0.6) is 11.5 Å². The molecule has 6 heteroatoms. The van der Waals surface area contributed by atoms with E-state index in [2.05, 4.69) is 10.6 Å². The number of ether oxygens (including phenoxy) is 2. The molecule has 0 saturated heterocycles. The summed E-state index contributed by atoms with van der Waals surface area (Å²) in [6.45, 7) is 7.86. The van der Waals surface area contributed by atoms with Gasteiger partial charge in [-0.3, -0.25) is 9.59 Å². The molecule has 2 amide bonds. The van der Waals surface area contributed by atoms with Gasteiger partial charge in [-0.15, -0.1) is 0 Å². The Labute approximate surface area is 171 Å². The summed E-state index contributed by atoms with van der Waals surface area (Å²) in [6, 6.07) is 11.1. The first-order valence-corrected chi connectivity index (χ1v) is 9.95. The van der Waals surface area contributed by atoms with Crippen LogP contribution in [0.15, 0.2) is 36.4 Å². The van der Waals surface area contributed by atoms with Crippen LogP contribution in [0.1, 0.15) is 49.9 Å². The number of benzene rings is 2. The third kappa shape index (κ3) is 5.28. The van der Waals surface area contributed by atoms with E-state index < -0.39 is 6.04 Å². The van der Waals surface area contributed by atoms with Crippen molar-refractivity contribution in [1.29, 1.82) is 0 Å². The van der Waals surface area contributed by atoms with Crippen LogP contribution in [-0.4, -0.2) is 24.5 Å². The van der Waals surface area contributed by atoms with Gasteiger partial charge in [-0.2, -0.15) is 0 Å². The fraction of sp³-hybridized carbons (Fsp3) is 0.391. The topological polar surface area (TPSA) is 76.7 Å². The second-order valence-corrected chi connectivity index (χ2v) is 7.44. The number of hydrogen-bond acceptors (Lipinski definition) is 4. The molecule has 1 heterocycles. The maximum absolute atomic E-state index is 12.8. The summed E-state index contributed by atoms with van der Waals surface area (Å²) in [7, 11) is 0. The Balaban J connectivity index is 1.78. The van der Waals surface area contributed by atoms with Crippen molar-refractivity contribution < 1.29 is 19.1 Å². The largest absolute Gasteiger partial charge is 0.492 e. The van der Waals surface area contributed by atoms with Crippen molar-refractivity contribution in [1.82, 2.24) is 5.32 Å². The van der Waals surface area contributed by atoms with Gasteiger partial charge in [-0.25, -0.2) is 0 Å². The number of fused-ring (bicyclic) bond motifs is 1. The zero-order valence-corrected chi connectivity index (χ0v) is 17.4. The lowest BCUT2D eigenvalue weighted by molar-refractivity contribution is -0.120. The van der Waals surface area contributed by atoms with Gasteiger partial charge < -0.3 is 20.1 Å². The SMILES string of the molecule is CCOc1cc2c(cc1NC(=O)CC(NC(C)=O)c1ccc(C)cc1)OC(C)C2. The molecule has 0 radical (unpaired) electrons. The van der Waals surface area contributed by atoms with E-state index in [0.29, 0.717) is 18.0 Å². The molecule has 2 aromatic rings. The van der Waals surface area contributed by atoms with Crippen LogP contribution in [0.3, 0.4) is 0 Å². The Morgan fingerprint density at radius 1 is 1.24 bits per heavy atom. The van der Waals surface area contributed by atoms with Crippen LogP contribution < -0.4 is 20.1 Å². The third-order valence-electron chi connectivity index (χ3n) is 4.82. The third-order valence-corrected chi connectivity index (χ3v) is 4.82. The summed E-state index contributed by atoms with van der Waals surface area (Å²) >= 11 is 0. The molecule has 1 aliphatic rings. The maximum atomic E-state index is 12.8. The molecule has 2 aromatic carbocycles. The molecule has 1 aliphatic heterocycles. The number of rotatable bonds is 7. The lowest BCUT2D eigenvalue weighted by Gasteiger charge is -2.19. The predicted molar refractivity (Wildman–Crippen MR) is 112 cm³/mol. The molecular formula is C23H28N2O4. The summed E-state index contributed by atoms with van der Waals surface area (Å²) in [5.41, 5.74) is 3.66. The molecule has 154 valence electrons. The lowest BCUT2D eigenvalue weighted by Crippen LogP contribution is -2.29. The Bertz CT molecular complexity index is 892. The van der Waals surface area contributed by atoms with Crippen molar-refractivity contribution in [2.45, 2.75) is 52.7 Å². The summed E-state index contributed by atoms with van der Waals surface area (Å²) in [4.78, 5) is 24.5. The van der Waals surface area contributed by atoms with Crippen molar-refractivity contribution in [2.75, 3.05) is 11.9 Å². The van der Waals surface area contributed by atoms with Gasteiger partial charge >= 0.3 is 0 Å². The summed E-state index contributed by atoms with van der Waals surface area (Å²) in [6.07, 6.45) is 1.04. The Kier molecular flexibility index (Phi) is 6.42. The Morgan fingerprint density at radius 2 is 1.97 bits per heavy atom. The number of carbonyl (C=O) groups is 2. The molecule has 0 aromatic heterocycles. The molecule has 0 fully saturated rings. The first-order chi connectivity index (χ1) is 13.9. The van der Waals surface area contributed by atoms with Crippen molar-refractivity contribution in [3.63, 3.8) is 0 Å². The van der Waals surface area contributed by atoms with Gasteiger partial charge in [0, 0.05) is 25.0 Å². The molecule has 3 rings (SSSR count). The van der Waals surface area contributed by atoms with Gasteiger partial charge in [0.2, 0.25) is 11.8 Å². The van der Waals surface area contributed by atoms with Crippen LogP contribution >= 0.6 is 0 Å². The van der Waals surface area contributed by atoms with Gasteiger partial charge in [-0.05, 0) is 32.4 Å². The van der Waals surface area contributed by atoms with Crippen LogP contribution in [0, 0.1) is 6.92 Å². The van der Waals surface area contributed by atoms with Crippen molar-refractivity contribution >= 4 is 17.5 Å². The second-order valence-electron chi connectivity index (χ2n) is 7.44. The van der Waals surface area contributed by atoms with Crippen molar-refractivity contribution in [3.05, 3.63) is 53.1 Å². The van der Waals surface area contributed by atoms with E-state index in [9.17, 15) is 9.59 Å². The number of nitrogens with one attached hydrogen (secondary N) is 2. The first-order valence-electron chi connectivity index (χ1n) is 9.95. The van der Waals surface area contributed by atoms with E-state index in [-0.39, 0.29) is 24.3 Å². The normalized spacial score (nSPS) is 15.8. The van der Waals surface area contributed by atoms with E-state index in [1.807, 2.05) is 57.2 Å². The zero-order valence-electron chi connectivity index (χ0n) is 17.4. The van der Waals surface area contributed by atoms with Gasteiger partial charge in [0.05, 0.1) is 24.8 Å². The van der Waals surface area contributed by atoms with Crippen molar-refractivity contribution in [2.24, 2.45) is 0 Å². The summed E-state index contributed by atoms with van der Waals surface area (Å²) < 4.78 is 11.5. The molecule has 29 heavy (non-hydrogen) atoms. The van der Waals surface area contributed by atoms with Crippen molar-refractivity contribution in [3.8, 4) is 11.5 Å². The fourth-order valence-corrected chi connectivity index (χ4v) is 3.49. The van der Waals surface area contributed by atoms with E-state index in [0.717, 1.165) is 28.9 Å².